The van der Waals surface area contributed by atoms with Crippen molar-refractivity contribution in [1.29, 1.82) is 0 Å². The van der Waals surface area contributed by atoms with Crippen LogP contribution in [0.25, 0.3) is 0 Å². The van der Waals surface area contributed by atoms with E-state index in [0.29, 0.717) is 11.0 Å². The summed E-state index contributed by atoms with van der Waals surface area (Å²) in [5.41, 5.74) is -4.15. The molecule has 0 spiro atoms. The topological polar surface area (TPSA) is 166 Å². The number of aromatic amines is 1. The SMILES string of the molecule is [2H]c1cn([C@@H]2O[C@H]3[C@@H](OP(=O)(OCCSC(=O)CCCO)OC3([2H])[2H])[C@@]2(C)O)c(=O)[nH]c1=O. The van der Waals surface area contributed by atoms with E-state index in [0.717, 1.165) is 24.9 Å². The van der Waals surface area contributed by atoms with Crippen LogP contribution in [0.3, 0.4) is 0 Å². The van der Waals surface area contributed by atoms with Gasteiger partial charge < -0.3 is 14.9 Å². The van der Waals surface area contributed by atoms with Gasteiger partial charge in [0.25, 0.3) is 5.56 Å². The first kappa shape index (κ1) is 19.4. The Kier molecular flexibility index (Phi) is 6.10. The van der Waals surface area contributed by atoms with Crippen molar-refractivity contribution in [3.63, 3.8) is 0 Å². The Hall–Kier alpha value is -1.31. The summed E-state index contributed by atoms with van der Waals surface area (Å²) >= 11 is 0.865. The highest BCUT2D eigenvalue weighted by Crippen LogP contribution is 2.58. The Bertz CT molecular complexity index is 1060. The number of aliphatic hydroxyl groups excluding tert-OH is 1. The van der Waals surface area contributed by atoms with Gasteiger partial charge in [0.1, 0.15) is 17.8 Å². The Labute approximate surface area is 179 Å². The smallest absolute Gasteiger partial charge is 0.396 e. The molecule has 0 radical (unpaired) electrons. The number of phosphoric acid groups is 1. The monoisotopic (exact) mass is 469 g/mol. The van der Waals surface area contributed by atoms with Crippen LogP contribution in [-0.2, 0) is 27.7 Å². The van der Waals surface area contributed by atoms with Gasteiger partial charge in [0.05, 0.1) is 17.3 Å². The molecule has 3 heterocycles. The average Bonchev–Trinajstić information content (AvgIpc) is 2.97. The van der Waals surface area contributed by atoms with E-state index in [1.165, 1.54) is 0 Å². The number of carbonyl (C=O) groups excluding carboxylic acids is 1. The molecule has 3 N–H and O–H groups in total. The Morgan fingerprint density at radius 1 is 1.60 bits per heavy atom. The van der Waals surface area contributed by atoms with Gasteiger partial charge in [0, 0.05) is 31.0 Å². The van der Waals surface area contributed by atoms with Crippen molar-refractivity contribution in [2.75, 3.05) is 25.5 Å². The fourth-order valence-electron chi connectivity index (χ4n) is 2.89. The zero-order valence-electron chi connectivity index (χ0n) is 18.8. The molecule has 2 aliphatic heterocycles. The van der Waals surface area contributed by atoms with Gasteiger partial charge in [-0.3, -0.25) is 32.7 Å². The minimum atomic E-state index is -4.58. The number of aliphatic hydroxyl groups is 2. The lowest BCUT2D eigenvalue weighted by molar-refractivity contribution is -0.111. The number of thioether (sulfide) groups is 1. The lowest BCUT2D eigenvalue weighted by Gasteiger charge is -2.34. The molecule has 0 aromatic carbocycles. The van der Waals surface area contributed by atoms with Crippen molar-refractivity contribution in [2.45, 2.75) is 43.8 Å². The zero-order valence-corrected chi connectivity index (χ0v) is 17.5. The number of carbonyl (C=O) groups is 1. The molecule has 2 saturated heterocycles. The molecule has 168 valence electrons. The number of hydrogen-bond donors (Lipinski definition) is 3. The largest absolute Gasteiger partial charge is 0.475 e. The highest BCUT2D eigenvalue weighted by molar-refractivity contribution is 8.13. The molecule has 1 aromatic heterocycles. The summed E-state index contributed by atoms with van der Waals surface area (Å²) in [5, 5.41) is 19.6. The summed E-state index contributed by atoms with van der Waals surface area (Å²) in [5.74, 6) is 0.0482. The van der Waals surface area contributed by atoms with Gasteiger partial charge in [0.15, 0.2) is 11.3 Å². The number of ether oxygens (including phenoxy) is 1. The first-order valence-corrected chi connectivity index (χ1v) is 11.4. The molecule has 5 atom stereocenters. The van der Waals surface area contributed by atoms with E-state index < -0.39 is 55.7 Å². The molecule has 30 heavy (non-hydrogen) atoms. The van der Waals surface area contributed by atoms with Gasteiger partial charge in [-0.2, -0.15) is 0 Å². The van der Waals surface area contributed by atoms with E-state index in [-0.39, 0.29) is 30.5 Å². The van der Waals surface area contributed by atoms with Crippen LogP contribution in [0, 0.1) is 0 Å². The molecule has 0 bridgehead atoms. The van der Waals surface area contributed by atoms with Crippen molar-refractivity contribution in [3.8, 4) is 0 Å². The number of aromatic nitrogens is 2. The predicted octanol–water partition coefficient (Wildman–Crippen LogP) is -0.243. The summed E-state index contributed by atoms with van der Waals surface area (Å²) in [4.78, 5) is 37.2. The molecule has 12 nitrogen and oxygen atoms in total. The van der Waals surface area contributed by atoms with E-state index in [1.807, 2.05) is 4.98 Å². The maximum absolute atomic E-state index is 13.0. The highest BCUT2D eigenvalue weighted by Gasteiger charge is 2.60. The molecule has 0 amide bonds. The third kappa shape index (κ3) is 5.11. The molecule has 1 aromatic rings. The van der Waals surface area contributed by atoms with Crippen LogP contribution in [0.5, 0.6) is 0 Å². The second kappa shape index (κ2) is 9.45. The average molecular weight is 469 g/mol. The van der Waals surface area contributed by atoms with Gasteiger partial charge in [0.2, 0.25) is 0 Å². The van der Waals surface area contributed by atoms with Crippen molar-refractivity contribution in [1.82, 2.24) is 9.55 Å². The van der Waals surface area contributed by atoms with Crippen LogP contribution in [0.4, 0.5) is 0 Å². The van der Waals surface area contributed by atoms with Crippen LogP contribution in [0.15, 0.2) is 21.8 Å². The predicted molar refractivity (Wildman–Crippen MR) is 104 cm³/mol. The number of H-pyrrole nitrogens is 1. The quantitative estimate of drug-likeness (QED) is 0.339. The molecule has 2 aliphatic rings. The van der Waals surface area contributed by atoms with Crippen molar-refractivity contribution < 1.29 is 42.0 Å². The molecule has 0 saturated carbocycles. The highest BCUT2D eigenvalue weighted by atomic mass is 32.2. The van der Waals surface area contributed by atoms with E-state index in [1.54, 1.807) is 0 Å². The van der Waals surface area contributed by atoms with Gasteiger partial charge in [-0.15, -0.1) is 0 Å². The van der Waals surface area contributed by atoms with Crippen molar-refractivity contribution in [2.24, 2.45) is 0 Å². The van der Waals surface area contributed by atoms with Crippen LogP contribution in [-0.4, -0.2) is 68.2 Å². The van der Waals surface area contributed by atoms with Crippen LogP contribution in [0.2, 0.25) is 0 Å². The summed E-state index contributed by atoms with van der Waals surface area (Å²) < 4.78 is 58.2. The number of nitrogens with one attached hydrogen (secondary N) is 1. The number of phosphoric ester groups is 1. The summed E-state index contributed by atoms with van der Waals surface area (Å²) in [7, 11) is -4.58. The number of hydrogen-bond acceptors (Lipinski definition) is 11. The molecule has 14 heteroatoms. The van der Waals surface area contributed by atoms with E-state index in [4.69, 9.17) is 27.5 Å². The fourth-order valence-corrected chi connectivity index (χ4v) is 5.00. The molecule has 2 fully saturated rings. The van der Waals surface area contributed by atoms with E-state index in [9.17, 15) is 24.1 Å². The summed E-state index contributed by atoms with van der Waals surface area (Å²) in [6.07, 6.45) is -3.63. The summed E-state index contributed by atoms with van der Waals surface area (Å²) in [6.45, 7) is -2.08. The van der Waals surface area contributed by atoms with Gasteiger partial charge >= 0.3 is 13.5 Å². The van der Waals surface area contributed by atoms with Gasteiger partial charge in [-0.1, -0.05) is 11.8 Å². The van der Waals surface area contributed by atoms with Crippen molar-refractivity contribution >= 4 is 24.7 Å². The first-order chi connectivity index (χ1) is 15.3. The van der Waals surface area contributed by atoms with E-state index >= 15 is 0 Å². The second-order valence-corrected chi connectivity index (χ2v) is 9.34. The number of fused-ring (bicyclic) bond motifs is 1. The molecule has 1 unspecified atom stereocenters. The summed E-state index contributed by atoms with van der Waals surface area (Å²) in [6, 6.07) is -0.607. The minimum absolute atomic E-state index is 0.0482. The lowest BCUT2D eigenvalue weighted by Crippen LogP contribution is -2.49. The van der Waals surface area contributed by atoms with Crippen LogP contribution in [0.1, 0.15) is 30.1 Å². The third-order valence-electron chi connectivity index (χ3n) is 4.33. The lowest BCUT2D eigenvalue weighted by atomic mass is 9.96. The standard InChI is InChI=1S/C16H23N2O10PS/c1-16(23)13-10(27-14(16)18-5-4-11(20)17-15(18)22)9-26-29(24,28-13)25-7-8-30-12(21)3-2-6-19/h4-5,10,13-14,19,23H,2-3,6-9H2,1H3,(H,17,20,22)/t10-,13-,14-,16-,29?/m1/s1/i4D,9D2. The Morgan fingerprint density at radius 2 is 2.37 bits per heavy atom. The van der Waals surface area contributed by atoms with Gasteiger partial charge in [-0.25, -0.2) is 9.36 Å². The molecular formula is C16H23N2O10PS. The van der Waals surface area contributed by atoms with Crippen LogP contribution < -0.4 is 11.2 Å². The molecule has 3 rings (SSSR count). The van der Waals surface area contributed by atoms with Crippen molar-refractivity contribution in [3.05, 3.63) is 33.1 Å². The second-order valence-electron chi connectivity index (χ2n) is 6.64. The Balaban J connectivity index is 1.76. The van der Waals surface area contributed by atoms with E-state index in [2.05, 4.69) is 0 Å². The first-order valence-electron chi connectivity index (χ1n) is 10.4. The molecule has 0 aliphatic carbocycles. The Morgan fingerprint density at radius 3 is 3.10 bits per heavy atom. The zero-order chi connectivity index (χ0) is 24.6. The van der Waals surface area contributed by atoms with Gasteiger partial charge in [-0.05, 0) is 13.3 Å². The fraction of sp³-hybridized carbons (Fsp3) is 0.688. The normalized spacial score (nSPS) is 36.5. The molecular weight excluding hydrogens is 443 g/mol. The maximum atomic E-state index is 13.0. The maximum Gasteiger partial charge on any atom is 0.475 e. The third-order valence-corrected chi connectivity index (χ3v) is 6.54. The number of rotatable bonds is 8. The number of nitrogens with zero attached hydrogens (tertiary/aromatic N) is 1. The van der Waals surface area contributed by atoms with Crippen LogP contribution >= 0.6 is 19.6 Å². The minimum Gasteiger partial charge on any atom is -0.396 e.